The third-order valence-corrected chi connectivity index (χ3v) is 6.01. The Morgan fingerprint density at radius 3 is 2.24 bits per heavy atom. The van der Waals surface area contributed by atoms with Gasteiger partial charge in [0.1, 0.15) is 0 Å². The molecular formula is C24H18Cl2F3N3O2. The van der Waals surface area contributed by atoms with Crippen molar-refractivity contribution in [3.05, 3.63) is 92.7 Å². The number of rotatable bonds is 1. The van der Waals surface area contributed by atoms with Gasteiger partial charge in [-0.15, -0.1) is 0 Å². The maximum absolute atomic E-state index is 13.1. The van der Waals surface area contributed by atoms with E-state index in [0.29, 0.717) is 28.6 Å². The minimum Gasteiger partial charge on any atom is -0.352 e. The molecule has 0 bridgehead atoms. The number of anilines is 1. The van der Waals surface area contributed by atoms with Crippen LogP contribution in [0.5, 0.6) is 0 Å². The molecule has 176 valence electrons. The van der Waals surface area contributed by atoms with Gasteiger partial charge >= 0.3 is 6.18 Å². The van der Waals surface area contributed by atoms with Crippen molar-refractivity contribution in [2.24, 2.45) is 0 Å². The fourth-order valence-electron chi connectivity index (χ4n) is 3.92. The Morgan fingerprint density at radius 1 is 0.912 bits per heavy atom. The Kier molecular flexibility index (Phi) is 6.81. The molecule has 2 aliphatic rings. The number of carbonyl (C=O) groups is 2. The molecule has 0 aliphatic carbocycles. The minimum atomic E-state index is -4.54. The third kappa shape index (κ3) is 5.03. The fraction of sp³-hybridized carbons (Fsp3) is 0.208. The lowest BCUT2D eigenvalue weighted by atomic mass is 9.98. The van der Waals surface area contributed by atoms with E-state index in [-0.39, 0.29) is 18.1 Å². The molecule has 1 aromatic heterocycles. The van der Waals surface area contributed by atoms with E-state index in [9.17, 15) is 22.8 Å². The molecule has 0 atom stereocenters. The van der Waals surface area contributed by atoms with Crippen LogP contribution in [-0.2, 0) is 19.0 Å². The predicted molar refractivity (Wildman–Crippen MR) is 124 cm³/mol. The highest BCUT2D eigenvalue weighted by molar-refractivity contribution is 6.31. The van der Waals surface area contributed by atoms with Crippen molar-refractivity contribution in [2.45, 2.75) is 19.0 Å². The van der Waals surface area contributed by atoms with Crippen LogP contribution in [0.4, 0.5) is 18.9 Å². The zero-order chi connectivity index (χ0) is 24.5. The number of pyridine rings is 1. The van der Waals surface area contributed by atoms with Crippen molar-refractivity contribution in [2.75, 3.05) is 18.0 Å². The van der Waals surface area contributed by atoms with E-state index in [1.807, 2.05) is 6.07 Å². The van der Waals surface area contributed by atoms with Crippen LogP contribution in [0.2, 0.25) is 10.0 Å². The summed E-state index contributed by atoms with van der Waals surface area (Å²) in [7, 11) is 0. The first-order valence-corrected chi connectivity index (χ1v) is 11.1. The van der Waals surface area contributed by atoms with Crippen LogP contribution in [0.1, 0.15) is 37.4 Å². The van der Waals surface area contributed by atoms with Gasteiger partial charge in [-0.1, -0.05) is 23.2 Å². The van der Waals surface area contributed by atoms with Crippen LogP contribution in [-0.4, -0.2) is 29.9 Å². The highest BCUT2D eigenvalue weighted by Crippen LogP contribution is 2.37. The number of aromatic nitrogens is 1. The van der Waals surface area contributed by atoms with Gasteiger partial charge in [0.05, 0.1) is 17.4 Å². The molecule has 0 spiro atoms. The first-order valence-electron chi connectivity index (χ1n) is 10.3. The molecule has 34 heavy (non-hydrogen) atoms. The van der Waals surface area contributed by atoms with Gasteiger partial charge in [0.25, 0.3) is 11.8 Å². The number of nitrogens with one attached hydrogen (secondary N) is 1. The Morgan fingerprint density at radius 2 is 1.56 bits per heavy atom. The molecule has 10 heteroatoms. The quantitative estimate of drug-likeness (QED) is 0.467. The molecule has 2 aromatic carbocycles. The van der Waals surface area contributed by atoms with Gasteiger partial charge in [0, 0.05) is 40.5 Å². The molecule has 3 aromatic rings. The molecule has 0 radical (unpaired) electrons. The van der Waals surface area contributed by atoms with Crippen LogP contribution in [0, 0.1) is 0 Å². The smallest absolute Gasteiger partial charge is 0.352 e. The van der Waals surface area contributed by atoms with Crippen LogP contribution in [0.15, 0.2) is 54.9 Å². The summed E-state index contributed by atoms with van der Waals surface area (Å²) >= 11 is 11.7. The number of halogens is 5. The van der Waals surface area contributed by atoms with Gasteiger partial charge in [0.2, 0.25) is 0 Å². The summed E-state index contributed by atoms with van der Waals surface area (Å²) in [6, 6.07) is 11.0. The highest BCUT2D eigenvalue weighted by Gasteiger charge is 2.37. The van der Waals surface area contributed by atoms with Crippen molar-refractivity contribution < 1.29 is 22.8 Å². The fourth-order valence-corrected chi connectivity index (χ4v) is 4.31. The minimum absolute atomic E-state index is 0.00733. The van der Waals surface area contributed by atoms with E-state index in [4.69, 9.17) is 23.2 Å². The maximum atomic E-state index is 13.1. The van der Waals surface area contributed by atoms with E-state index < -0.39 is 17.6 Å². The second kappa shape index (κ2) is 9.64. The van der Waals surface area contributed by atoms with Gasteiger partial charge in [-0.05, 0) is 66.4 Å². The van der Waals surface area contributed by atoms with Crippen LogP contribution < -0.4 is 10.2 Å². The van der Waals surface area contributed by atoms with E-state index in [0.717, 1.165) is 46.5 Å². The number of nitrogens with zero attached hydrogens (tertiary/aromatic N) is 2. The molecule has 2 amide bonds. The van der Waals surface area contributed by atoms with Gasteiger partial charge < -0.3 is 10.2 Å². The second-order valence-corrected chi connectivity index (χ2v) is 8.58. The topological polar surface area (TPSA) is 62.3 Å². The van der Waals surface area contributed by atoms with Gasteiger partial charge in [-0.2, -0.15) is 13.2 Å². The van der Waals surface area contributed by atoms with E-state index in [2.05, 4.69) is 10.3 Å². The molecule has 2 aliphatic heterocycles. The third-order valence-electron chi connectivity index (χ3n) is 5.54. The molecule has 0 unspecified atom stereocenters. The van der Waals surface area contributed by atoms with Gasteiger partial charge in [0.15, 0.2) is 0 Å². The number of carbonyl (C=O) groups excluding carboxylic acids is 2. The summed E-state index contributed by atoms with van der Waals surface area (Å²) in [5.74, 6) is -0.468. The van der Waals surface area contributed by atoms with Gasteiger partial charge in [-0.25, -0.2) is 0 Å². The summed E-state index contributed by atoms with van der Waals surface area (Å²) in [6.45, 7) is 0.868. The standard InChI is InChI=1S/C15H10ClF3N2O.C9H8ClNO/c16-10-1-2-11-9(7-10)4-6-21(14(11)22)13-8-20-5-3-12(13)15(17,18)19;10-7-1-2-8-6(5-7)3-4-11-9(8)12/h1-3,5,7-8H,4,6H2;1-2,5H,3-4H2,(H,11,12). The number of fused-ring (bicyclic) bond motifs is 2. The van der Waals surface area contributed by atoms with E-state index in [1.165, 1.54) is 6.07 Å². The first-order chi connectivity index (χ1) is 16.1. The summed E-state index contributed by atoms with van der Waals surface area (Å²) in [5, 5.41) is 3.97. The lowest BCUT2D eigenvalue weighted by Gasteiger charge is -2.30. The largest absolute Gasteiger partial charge is 0.418 e. The lowest BCUT2D eigenvalue weighted by molar-refractivity contribution is -0.137. The maximum Gasteiger partial charge on any atom is 0.418 e. The second-order valence-electron chi connectivity index (χ2n) is 7.71. The molecule has 1 N–H and O–H groups in total. The molecule has 3 heterocycles. The Labute approximate surface area is 203 Å². The number of alkyl halides is 3. The van der Waals surface area contributed by atoms with Crippen LogP contribution in [0.3, 0.4) is 0 Å². The Hall–Kier alpha value is -3.10. The van der Waals surface area contributed by atoms with Crippen molar-refractivity contribution in [1.29, 1.82) is 0 Å². The van der Waals surface area contributed by atoms with Crippen molar-refractivity contribution >= 4 is 40.7 Å². The Balaban J connectivity index is 0.000000192. The SMILES string of the molecule is O=C1NCCc2cc(Cl)ccc21.O=C1c2ccc(Cl)cc2CCN1c1cnccc1C(F)(F)F. The summed E-state index contributed by atoms with van der Waals surface area (Å²) in [5.41, 5.74) is 1.82. The summed E-state index contributed by atoms with van der Waals surface area (Å²) < 4.78 is 39.3. The van der Waals surface area contributed by atoms with Crippen LogP contribution >= 0.6 is 23.2 Å². The predicted octanol–water partition coefficient (Wildman–Crippen LogP) is 5.58. The van der Waals surface area contributed by atoms with Crippen LogP contribution in [0.25, 0.3) is 0 Å². The highest BCUT2D eigenvalue weighted by atomic mass is 35.5. The normalized spacial score (nSPS) is 15.0. The summed E-state index contributed by atoms with van der Waals surface area (Å²) in [4.78, 5) is 28.6. The number of benzene rings is 2. The van der Waals surface area contributed by atoms with Gasteiger partial charge in [-0.3, -0.25) is 14.6 Å². The molecule has 5 nitrogen and oxygen atoms in total. The monoisotopic (exact) mass is 507 g/mol. The van der Waals surface area contributed by atoms with Crippen molar-refractivity contribution in [3.8, 4) is 0 Å². The lowest BCUT2D eigenvalue weighted by Crippen LogP contribution is -2.38. The number of hydrogen-bond donors (Lipinski definition) is 1. The van der Waals surface area contributed by atoms with E-state index >= 15 is 0 Å². The first kappa shape index (κ1) is 24.0. The zero-order valence-corrected chi connectivity index (χ0v) is 19.1. The van der Waals surface area contributed by atoms with E-state index in [1.54, 1.807) is 24.3 Å². The molecular weight excluding hydrogens is 490 g/mol. The molecule has 5 rings (SSSR count). The van der Waals surface area contributed by atoms with Crippen molar-refractivity contribution in [3.63, 3.8) is 0 Å². The zero-order valence-electron chi connectivity index (χ0n) is 17.6. The summed E-state index contributed by atoms with van der Waals surface area (Å²) in [6.07, 6.45) is -1.09. The number of hydrogen-bond acceptors (Lipinski definition) is 3. The average molecular weight is 508 g/mol. The Bertz CT molecular complexity index is 1260. The molecule has 0 saturated heterocycles. The molecule has 0 saturated carbocycles. The average Bonchev–Trinajstić information content (AvgIpc) is 2.79. The van der Waals surface area contributed by atoms with Crippen molar-refractivity contribution in [1.82, 2.24) is 10.3 Å². The number of amides is 2. The molecule has 0 fully saturated rings.